The van der Waals surface area contributed by atoms with Gasteiger partial charge in [0.25, 0.3) is 5.56 Å². The number of aromatic amines is 1. The van der Waals surface area contributed by atoms with Crippen LogP contribution in [-0.2, 0) is 4.74 Å². The molecule has 0 radical (unpaired) electrons. The lowest BCUT2D eigenvalue weighted by atomic mass is 10.1. The minimum absolute atomic E-state index is 0.381. The molecule has 106 valence electrons. The van der Waals surface area contributed by atoms with Gasteiger partial charge in [0, 0.05) is 17.3 Å². The zero-order valence-corrected chi connectivity index (χ0v) is 11.6. The van der Waals surface area contributed by atoms with Gasteiger partial charge >= 0.3 is 6.09 Å². The fourth-order valence-corrected chi connectivity index (χ4v) is 1.75. The van der Waals surface area contributed by atoms with Crippen molar-refractivity contribution in [2.45, 2.75) is 26.4 Å². The molecule has 0 aliphatic heterocycles. The summed E-state index contributed by atoms with van der Waals surface area (Å²) in [4.78, 5) is 23.6. The van der Waals surface area contributed by atoms with Crippen molar-refractivity contribution in [1.29, 1.82) is 0 Å². The fraction of sp³-hybridized carbons (Fsp3) is 0.286. The number of anilines is 1. The molecule has 0 saturated carbocycles. The van der Waals surface area contributed by atoms with Crippen LogP contribution < -0.4 is 11.3 Å². The Morgan fingerprint density at radius 1 is 1.30 bits per heavy atom. The molecule has 6 nitrogen and oxygen atoms in total. The fourth-order valence-electron chi connectivity index (χ4n) is 1.75. The van der Waals surface area contributed by atoms with Gasteiger partial charge in [0.15, 0.2) is 0 Å². The number of H-pyrrole nitrogens is 1. The summed E-state index contributed by atoms with van der Waals surface area (Å²) in [6, 6.07) is 8.26. The monoisotopic (exact) mass is 275 g/mol. The first-order chi connectivity index (χ1) is 9.26. The molecule has 0 fully saturated rings. The molecule has 3 N–H and O–H groups in total. The van der Waals surface area contributed by atoms with E-state index in [0.29, 0.717) is 16.9 Å². The zero-order valence-electron chi connectivity index (χ0n) is 11.6. The summed E-state index contributed by atoms with van der Waals surface area (Å²) in [6.45, 7) is 5.27. The molecule has 0 bridgehead atoms. The second kappa shape index (κ2) is 4.88. The minimum atomic E-state index is -0.648. The predicted octanol–water partition coefficient (Wildman–Crippen LogP) is 2.21. The molecule has 1 aromatic heterocycles. The average molecular weight is 275 g/mol. The van der Waals surface area contributed by atoms with E-state index in [4.69, 9.17) is 10.5 Å². The Balaban J connectivity index is 2.46. The predicted molar refractivity (Wildman–Crippen MR) is 76.5 cm³/mol. The van der Waals surface area contributed by atoms with Crippen LogP contribution in [0.4, 0.5) is 10.5 Å². The summed E-state index contributed by atoms with van der Waals surface area (Å²) in [5.41, 5.74) is 6.31. The highest BCUT2D eigenvalue weighted by atomic mass is 16.6. The minimum Gasteiger partial charge on any atom is -0.442 e. The molecule has 0 atom stereocenters. The molecule has 0 spiro atoms. The standard InChI is InChI=1S/C14H17N3O3/c1-14(2,3)20-13(19)17-11(8-12(18)16-17)9-5-4-6-10(15)7-9/h4-8H,15H2,1-3H3,(H,16,18). The second-order valence-electron chi connectivity index (χ2n) is 5.45. The summed E-state index contributed by atoms with van der Waals surface area (Å²) < 4.78 is 6.34. The maximum atomic E-state index is 12.1. The number of carbonyl (C=O) groups excluding carboxylic acids is 1. The number of hydrogen-bond acceptors (Lipinski definition) is 4. The highest BCUT2D eigenvalue weighted by Gasteiger charge is 2.21. The Bertz CT molecular complexity index is 692. The Morgan fingerprint density at radius 3 is 2.60 bits per heavy atom. The van der Waals surface area contributed by atoms with Crippen molar-refractivity contribution in [2.24, 2.45) is 0 Å². The number of rotatable bonds is 1. The Kier molecular flexibility index (Phi) is 3.40. The van der Waals surface area contributed by atoms with Gasteiger partial charge in [-0.3, -0.25) is 9.89 Å². The molecule has 0 aliphatic carbocycles. The summed E-state index contributed by atoms with van der Waals surface area (Å²) >= 11 is 0. The van der Waals surface area contributed by atoms with Gasteiger partial charge in [-0.05, 0) is 32.9 Å². The lowest BCUT2D eigenvalue weighted by molar-refractivity contribution is 0.0517. The number of nitrogens with two attached hydrogens (primary N) is 1. The first-order valence-corrected chi connectivity index (χ1v) is 6.17. The van der Waals surface area contributed by atoms with Gasteiger partial charge in [0.05, 0.1) is 5.69 Å². The van der Waals surface area contributed by atoms with Crippen molar-refractivity contribution in [3.05, 3.63) is 40.7 Å². The van der Waals surface area contributed by atoms with Crippen LogP contribution in [0.3, 0.4) is 0 Å². The number of carbonyl (C=O) groups is 1. The van der Waals surface area contributed by atoms with Crippen LogP contribution in [0.5, 0.6) is 0 Å². The molecule has 0 aliphatic rings. The van der Waals surface area contributed by atoms with E-state index in [-0.39, 0.29) is 5.56 Å². The van der Waals surface area contributed by atoms with Crippen molar-refractivity contribution < 1.29 is 9.53 Å². The van der Waals surface area contributed by atoms with Crippen LogP contribution in [0.25, 0.3) is 11.3 Å². The average Bonchev–Trinajstić information content (AvgIpc) is 2.69. The molecule has 1 aromatic carbocycles. The van der Waals surface area contributed by atoms with Gasteiger partial charge < -0.3 is 10.5 Å². The Labute approximate surface area is 116 Å². The van der Waals surface area contributed by atoms with Crippen LogP contribution >= 0.6 is 0 Å². The molecule has 0 amide bonds. The summed E-state index contributed by atoms with van der Waals surface area (Å²) in [5.74, 6) is 0. The van der Waals surface area contributed by atoms with E-state index in [1.54, 1.807) is 45.0 Å². The molecule has 20 heavy (non-hydrogen) atoms. The SMILES string of the molecule is CC(C)(C)OC(=O)n1[nH]c(=O)cc1-c1cccc(N)c1. The molecular formula is C14H17N3O3. The largest absolute Gasteiger partial charge is 0.442 e. The van der Waals surface area contributed by atoms with Crippen LogP contribution in [0, 0.1) is 0 Å². The summed E-state index contributed by atoms with van der Waals surface area (Å²) in [6.07, 6.45) is -0.642. The van der Waals surface area contributed by atoms with Crippen LogP contribution in [0.15, 0.2) is 35.1 Å². The first-order valence-electron chi connectivity index (χ1n) is 6.17. The van der Waals surface area contributed by atoms with Crippen molar-refractivity contribution in [3.63, 3.8) is 0 Å². The summed E-state index contributed by atoms with van der Waals surface area (Å²) in [7, 11) is 0. The number of nitrogens with one attached hydrogen (secondary N) is 1. The van der Waals surface area contributed by atoms with E-state index >= 15 is 0 Å². The van der Waals surface area contributed by atoms with Crippen molar-refractivity contribution in [3.8, 4) is 11.3 Å². The van der Waals surface area contributed by atoms with Gasteiger partial charge in [-0.2, -0.15) is 4.68 Å². The normalized spacial score (nSPS) is 11.3. The van der Waals surface area contributed by atoms with E-state index in [9.17, 15) is 9.59 Å². The molecule has 2 aromatic rings. The molecule has 6 heteroatoms. The van der Waals surface area contributed by atoms with Crippen LogP contribution in [-0.4, -0.2) is 21.5 Å². The molecule has 1 heterocycles. The maximum Gasteiger partial charge on any atom is 0.434 e. The lowest BCUT2D eigenvalue weighted by Crippen LogP contribution is -2.28. The Hall–Kier alpha value is -2.50. The van der Waals surface area contributed by atoms with E-state index < -0.39 is 11.7 Å². The van der Waals surface area contributed by atoms with Gasteiger partial charge in [-0.1, -0.05) is 12.1 Å². The van der Waals surface area contributed by atoms with Crippen LogP contribution in [0.1, 0.15) is 20.8 Å². The number of nitrogen functional groups attached to an aromatic ring is 1. The van der Waals surface area contributed by atoms with Gasteiger partial charge in [0.1, 0.15) is 5.60 Å². The van der Waals surface area contributed by atoms with Gasteiger partial charge in [-0.25, -0.2) is 4.79 Å². The third kappa shape index (κ3) is 3.09. The number of ether oxygens (including phenoxy) is 1. The van der Waals surface area contributed by atoms with E-state index in [0.717, 1.165) is 4.68 Å². The van der Waals surface area contributed by atoms with E-state index in [1.807, 2.05) is 0 Å². The number of hydrogen-bond donors (Lipinski definition) is 2. The molecular weight excluding hydrogens is 258 g/mol. The highest BCUT2D eigenvalue weighted by Crippen LogP contribution is 2.21. The molecule has 2 rings (SSSR count). The topological polar surface area (TPSA) is 90.1 Å². The lowest BCUT2D eigenvalue weighted by Gasteiger charge is -2.20. The maximum absolute atomic E-state index is 12.1. The van der Waals surface area contributed by atoms with Crippen LogP contribution in [0.2, 0.25) is 0 Å². The zero-order chi connectivity index (χ0) is 14.9. The van der Waals surface area contributed by atoms with E-state index in [1.165, 1.54) is 6.07 Å². The quantitative estimate of drug-likeness (QED) is 0.781. The number of benzene rings is 1. The molecule has 0 unspecified atom stereocenters. The third-order valence-electron chi connectivity index (χ3n) is 2.49. The second-order valence-corrected chi connectivity index (χ2v) is 5.45. The van der Waals surface area contributed by atoms with Crippen molar-refractivity contribution in [2.75, 3.05) is 5.73 Å². The summed E-state index contributed by atoms with van der Waals surface area (Å²) in [5, 5.41) is 2.43. The van der Waals surface area contributed by atoms with Crippen molar-refractivity contribution >= 4 is 11.8 Å². The number of aromatic nitrogens is 2. The first kappa shape index (κ1) is 13.9. The highest BCUT2D eigenvalue weighted by molar-refractivity contribution is 5.78. The Morgan fingerprint density at radius 2 is 2.00 bits per heavy atom. The van der Waals surface area contributed by atoms with Gasteiger partial charge in [-0.15, -0.1) is 0 Å². The smallest absolute Gasteiger partial charge is 0.434 e. The molecule has 0 saturated heterocycles. The third-order valence-corrected chi connectivity index (χ3v) is 2.49. The van der Waals surface area contributed by atoms with Gasteiger partial charge in [0.2, 0.25) is 0 Å². The number of nitrogens with zero attached hydrogens (tertiary/aromatic N) is 1. The van der Waals surface area contributed by atoms with Crippen molar-refractivity contribution in [1.82, 2.24) is 9.78 Å². The van der Waals surface area contributed by atoms with E-state index in [2.05, 4.69) is 5.10 Å².